The first kappa shape index (κ1) is 20.5. The van der Waals surface area contributed by atoms with Crippen molar-refractivity contribution in [3.05, 3.63) is 59.2 Å². The SMILES string of the molecule is CC[C@H](Oc1cccc(C)c1C)C(=O)Nc1ccccc1C(=O)NC(C)C. The number of hydrogen-bond acceptors (Lipinski definition) is 3. The number of benzene rings is 2. The average Bonchev–Trinajstić information content (AvgIpc) is 2.62. The molecule has 0 aliphatic heterocycles. The van der Waals surface area contributed by atoms with Crippen molar-refractivity contribution in [3.8, 4) is 5.75 Å². The van der Waals surface area contributed by atoms with E-state index in [1.807, 2.05) is 52.8 Å². The van der Waals surface area contributed by atoms with Gasteiger partial charge in [-0.05, 0) is 63.4 Å². The van der Waals surface area contributed by atoms with E-state index in [1.165, 1.54) is 0 Å². The molecule has 2 aromatic carbocycles. The van der Waals surface area contributed by atoms with E-state index in [-0.39, 0.29) is 17.9 Å². The summed E-state index contributed by atoms with van der Waals surface area (Å²) >= 11 is 0. The van der Waals surface area contributed by atoms with E-state index in [0.29, 0.717) is 23.4 Å². The second-order valence-electron chi connectivity index (χ2n) is 6.88. The van der Waals surface area contributed by atoms with Crippen LogP contribution in [0.1, 0.15) is 48.7 Å². The number of aryl methyl sites for hydroxylation is 1. The molecule has 0 aliphatic carbocycles. The Labute approximate surface area is 161 Å². The second kappa shape index (κ2) is 9.21. The molecule has 144 valence electrons. The Morgan fingerprint density at radius 1 is 1.04 bits per heavy atom. The molecule has 27 heavy (non-hydrogen) atoms. The van der Waals surface area contributed by atoms with Crippen LogP contribution in [0.2, 0.25) is 0 Å². The highest BCUT2D eigenvalue weighted by atomic mass is 16.5. The number of para-hydroxylation sites is 1. The van der Waals surface area contributed by atoms with Crippen molar-refractivity contribution in [1.29, 1.82) is 0 Å². The molecule has 2 aromatic rings. The number of amides is 2. The first-order valence-corrected chi connectivity index (χ1v) is 9.27. The van der Waals surface area contributed by atoms with Gasteiger partial charge in [0.15, 0.2) is 6.10 Å². The third-order valence-corrected chi connectivity index (χ3v) is 4.34. The van der Waals surface area contributed by atoms with Gasteiger partial charge in [0.25, 0.3) is 11.8 Å². The van der Waals surface area contributed by atoms with Crippen LogP contribution >= 0.6 is 0 Å². The normalized spacial score (nSPS) is 11.8. The minimum absolute atomic E-state index is 0.0114. The Balaban J connectivity index is 2.18. The number of anilines is 1. The molecule has 0 spiro atoms. The Morgan fingerprint density at radius 2 is 1.74 bits per heavy atom. The molecule has 0 saturated carbocycles. The fourth-order valence-corrected chi connectivity index (χ4v) is 2.67. The zero-order valence-corrected chi connectivity index (χ0v) is 16.6. The van der Waals surface area contributed by atoms with Gasteiger partial charge in [-0.15, -0.1) is 0 Å². The van der Waals surface area contributed by atoms with Crippen molar-refractivity contribution in [2.24, 2.45) is 0 Å². The number of rotatable bonds is 7. The summed E-state index contributed by atoms with van der Waals surface area (Å²) in [6.45, 7) is 9.66. The molecule has 2 amide bonds. The summed E-state index contributed by atoms with van der Waals surface area (Å²) in [6.07, 6.45) is -0.133. The fourth-order valence-electron chi connectivity index (χ4n) is 2.67. The van der Waals surface area contributed by atoms with Gasteiger partial charge in [0.05, 0.1) is 11.3 Å². The molecule has 5 heteroatoms. The zero-order valence-electron chi connectivity index (χ0n) is 16.6. The summed E-state index contributed by atoms with van der Waals surface area (Å²) in [7, 11) is 0. The quantitative estimate of drug-likeness (QED) is 0.768. The van der Waals surface area contributed by atoms with Crippen LogP contribution in [0.25, 0.3) is 0 Å². The first-order chi connectivity index (χ1) is 12.8. The summed E-state index contributed by atoms with van der Waals surface area (Å²) in [5.74, 6) is 0.204. The summed E-state index contributed by atoms with van der Waals surface area (Å²) in [5.41, 5.74) is 3.03. The van der Waals surface area contributed by atoms with Crippen molar-refractivity contribution in [1.82, 2.24) is 5.32 Å². The maximum Gasteiger partial charge on any atom is 0.265 e. The molecule has 0 heterocycles. The van der Waals surface area contributed by atoms with Gasteiger partial charge in [-0.2, -0.15) is 0 Å². The molecule has 2 N–H and O–H groups in total. The molecule has 0 saturated heterocycles. The van der Waals surface area contributed by atoms with E-state index in [1.54, 1.807) is 24.3 Å². The van der Waals surface area contributed by atoms with Gasteiger partial charge in [-0.25, -0.2) is 0 Å². The Bertz CT molecular complexity index is 815. The van der Waals surface area contributed by atoms with Crippen molar-refractivity contribution in [2.75, 3.05) is 5.32 Å². The lowest BCUT2D eigenvalue weighted by Crippen LogP contribution is -2.34. The van der Waals surface area contributed by atoms with Crippen LogP contribution in [-0.2, 0) is 4.79 Å². The van der Waals surface area contributed by atoms with Crippen LogP contribution < -0.4 is 15.4 Å². The average molecular weight is 368 g/mol. The van der Waals surface area contributed by atoms with Crippen LogP contribution in [0.5, 0.6) is 5.75 Å². The number of carbonyl (C=O) groups is 2. The third-order valence-electron chi connectivity index (χ3n) is 4.34. The second-order valence-corrected chi connectivity index (χ2v) is 6.88. The molecule has 0 aromatic heterocycles. The highest BCUT2D eigenvalue weighted by Crippen LogP contribution is 2.23. The molecule has 0 radical (unpaired) electrons. The molecule has 0 aliphatic rings. The minimum atomic E-state index is -0.647. The van der Waals surface area contributed by atoms with E-state index in [9.17, 15) is 9.59 Å². The lowest BCUT2D eigenvalue weighted by Gasteiger charge is -2.20. The number of ether oxygens (including phenoxy) is 1. The van der Waals surface area contributed by atoms with Gasteiger partial charge >= 0.3 is 0 Å². The van der Waals surface area contributed by atoms with Crippen molar-refractivity contribution < 1.29 is 14.3 Å². The monoisotopic (exact) mass is 368 g/mol. The van der Waals surface area contributed by atoms with Gasteiger partial charge < -0.3 is 15.4 Å². The maximum atomic E-state index is 12.8. The molecule has 0 fully saturated rings. The zero-order chi connectivity index (χ0) is 20.0. The topological polar surface area (TPSA) is 67.4 Å². The summed E-state index contributed by atoms with van der Waals surface area (Å²) < 4.78 is 5.96. The van der Waals surface area contributed by atoms with Crippen LogP contribution in [0.3, 0.4) is 0 Å². The van der Waals surface area contributed by atoms with Crippen LogP contribution in [0.15, 0.2) is 42.5 Å². The van der Waals surface area contributed by atoms with Crippen molar-refractivity contribution in [3.63, 3.8) is 0 Å². The molecular formula is C22H28N2O3. The van der Waals surface area contributed by atoms with Gasteiger partial charge in [0, 0.05) is 6.04 Å². The lowest BCUT2D eigenvalue weighted by molar-refractivity contribution is -0.122. The van der Waals surface area contributed by atoms with Crippen molar-refractivity contribution >= 4 is 17.5 Å². The Kier molecular flexibility index (Phi) is 6.99. The van der Waals surface area contributed by atoms with E-state index < -0.39 is 6.10 Å². The molecule has 2 rings (SSSR count). The molecule has 1 atom stereocenters. The summed E-state index contributed by atoms with van der Waals surface area (Å²) in [6, 6.07) is 12.8. The van der Waals surface area contributed by atoms with Crippen LogP contribution in [0, 0.1) is 13.8 Å². The van der Waals surface area contributed by atoms with Gasteiger partial charge in [0.2, 0.25) is 0 Å². The minimum Gasteiger partial charge on any atom is -0.480 e. The van der Waals surface area contributed by atoms with Gasteiger partial charge in [-0.1, -0.05) is 31.2 Å². The molecule has 0 bridgehead atoms. The number of hydrogen-bond donors (Lipinski definition) is 2. The Hall–Kier alpha value is -2.82. The highest BCUT2D eigenvalue weighted by Gasteiger charge is 2.22. The Morgan fingerprint density at radius 3 is 2.41 bits per heavy atom. The van der Waals surface area contributed by atoms with Crippen LogP contribution in [-0.4, -0.2) is 24.0 Å². The fraction of sp³-hybridized carbons (Fsp3) is 0.364. The van der Waals surface area contributed by atoms with E-state index in [0.717, 1.165) is 11.1 Å². The van der Waals surface area contributed by atoms with Gasteiger partial charge in [0.1, 0.15) is 5.75 Å². The lowest BCUT2D eigenvalue weighted by atomic mass is 10.1. The summed E-state index contributed by atoms with van der Waals surface area (Å²) in [5, 5.41) is 5.69. The van der Waals surface area contributed by atoms with Crippen molar-refractivity contribution in [2.45, 2.75) is 53.2 Å². The van der Waals surface area contributed by atoms with E-state index >= 15 is 0 Å². The standard InChI is InChI=1S/C22H28N2O3/c1-6-19(27-20-13-9-10-15(4)16(20)5)22(26)24-18-12-8-7-11-17(18)21(25)23-14(2)3/h7-14,19H,6H2,1-5H3,(H,23,25)(H,24,26)/t19-/m0/s1. The predicted molar refractivity (Wildman–Crippen MR) is 108 cm³/mol. The maximum absolute atomic E-state index is 12.8. The van der Waals surface area contributed by atoms with E-state index in [4.69, 9.17) is 4.74 Å². The molecule has 0 unspecified atom stereocenters. The van der Waals surface area contributed by atoms with E-state index in [2.05, 4.69) is 10.6 Å². The van der Waals surface area contributed by atoms with Crippen LogP contribution in [0.4, 0.5) is 5.69 Å². The highest BCUT2D eigenvalue weighted by molar-refractivity contribution is 6.04. The summed E-state index contributed by atoms with van der Waals surface area (Å²) in [4.78, 5) is 25.1. The number of nitrogens with one attached hydrogen (secondary N) is 2. The smallest absolute Gasteiger partial charge is 0.265 e. The first-order valence-electron chi connectivity index (χ1n) is 9.27. The molecular weight excluding hydrogens is 340 g/mol. The van der Waals surface area contributed by atoms with Gasteiger partial charge in [-0.3, -0.25) is 9.59 Å². The number of carbonyl (C=O) groups excluding carboxylic acids is 2. The largest absolute Gasteiger partial charge is 0.480 e. The predicted octanol–water partition coefficient (Wildman–Crippen LogP) is 4.24. The molecule has 5 nitrogen and oxygen atoms in total. The third kappa shape index (κ3) is 5.33.